The van der Waals surface area contributed by atoms with Crippen LogP contribution in [0.5, 0.6) is 0 Å². The monoisotopic (exact) mass is 320 g/mol. The molecule has 1 aliphatic heterocycles. The van der Waals surface area contributed by atoms with Gasteiger partial charge in [-0.2, -0.15) is 0 Å². The lowest BCUT2D eigenvalue weighted by atomic mass is 9.87. The van der Waals surface area contributed by atoms with Crippen molar-refractivity contribution in [3.05, 3.63) is 17.0 Å². The number of rotatable bonds is 6. The summed E-state index contributed by atoms with van der Waals surface area (Å²) >= 11 is 0. The van der Waals surface area contributed by atoms with Crippen LogP contribution in [0.15, 0.2) is 9.52 Å². The van der Waals surface area contributed by atoms with Crippen molar-refractivity contribution in [1.29, 1.82) is 0 Å². The van der Waals surface area contributed by atoms with E-state index in [0.717, 1.165) is 55.3 Å². The van der Waals surface area contributed by atoms with Crippen molar-refractivity contribution in [2.45, 2.75) is 53.4 Å². The van der Waals surface area contributed by atoms with Gasteiger partial charge in [0.05, 0.1) is 5.69 Å². The van der Waals surface area contributed by atoms with E-state index in [0.29, 0.717) is 0 Å². The van der Waals surface area contributed by atoms with Gasteiger partial charge in [-0.15, -0.1) is 0 Å². The number of nitrogens with zero attached hydrogens (tertiary/aromatic N) is 3. The number of aryl methyl sites for hydroxylation is 2. The molecule has 1 aromatic heterocycles. The Balaban J connectivity index is 1.84. The molecule has 0 radical (unpaired) electrons. The van der Waals surface area contributed by atoms with Gasteiger partial charge in [0.25, 0.3) is 0 Å². The Morgan fingerprint density at radius 3 is 2.70 bits per heavy atom. The van der Waals surface area contributed by atoms with Crippen LogP contribution in [0.4, 0.5) is 0 Å². The third-order valence-corrected chi connectivity index (χ3v) is 5.29. The molecule has 1 unspecified atom stereocenters. The minimum Gasteiger partial charge on any atom is -0.361 e. The van der Waals surface area contributed by atoms with Crippen LogP contribution < -0.4 is 5.32 Å². The van der Waals surface area contributed by atoms with E-state index < -0.39 is 0 Å². The van der Waals surface area contributed by atoms with Gasteiger partial charge in [-0.1, -0.05) is 31.8 Å². The third kappa shape index (κ3) is 4.27. The Bertz CT molecular complexity index is 500. The zero-order valence-electron chi connectivity index (χ0n) is 15.4. The molecule has 1 aliphatic rings. The highest BCUT2D eigenvalue weighted by atomic mass is 16.5. The molecule has 0 saturated carbocycles. The van der Waals surface area contributed by atoms with Crippen molar-refractivity contribution >= 4 is 5.96 Å². The average Bonchev–Trinajstić information content (AvgIpc) is 3.14. The molecule has 0 aromatic carbocycles. The highest BCUT2D eigenvalue weighted by molar-refractivity contribution is 5.80. The van der Waals surface area contributed by atoms with Crippen LogP contribution in [0.1, 0.15) is 50.1 Å². The molecule has 5 nitrogen and oxygen atoms in total. The number of nitrogens with one attached hydrogen (secondary N) is 1. The topological polar surface area (TPSA) is 53.7 Å². The fourth-order valence-corrected chi connectivity index (χ4v) is 3.81. The third-order valence-electron chi connectivity index (χ3n) is 5.29. The molecule has 1 atom stereocenters. The van der Waals surface area contributed by atoms with E-state index in [2.05, 4.69) is 34.2 Å². The molecule has 0 spiro atoms. The second kappa shape index (κ2) is 8.37. The smallest absolute Gasteiger partial charge is 0.193 e. The first-order valence-electron chi connectivity index (χ1n) is 8.97. The quantitative estimate of drug-likeness (QED) is 0.646. The summed E-state index contributed by atoms with van der Waals surface area (Å²) in [6.07, 6.45) is 4.78. The number of likely N-dealkylation sites (tertiary alicyclic amines) is 1. The Kier molecular flexibility index (Phi) is 6.48. The van der Waals surface area contributed by atoms with Gasteiger partial charge in [-0.05, 0) is 38.5 Å². The van der Waals surface area contributed by atoms with Crippen LogP contribution in [0.3, 0.4) is 0 Å². The van der Waals surface area contributed by atoms with Crippen molar-refractivity contribution in [2.75, 3.05) is 26.7 Å². The van der Waals surface area contributed by atoms with E-state index in [-0.39, 0.29) is 0 Å². The first kappa shape index (κ1) is 17.8. The SMILES string of the molecule is CCC(CC)C1CCN(C(=NC)NCCc2c(C)noc2C)C1. The summed E-state index contributed by atoms with van der Waals surface area (Å²) < 4.78 is 5.23. The summed E-state index contributed by atoms with van der Waals surface area (Å²) in [5.74, 6) is 3.62. The molecule has 5 heteroatoms. The van der Waals surface area contributed by atoms with E-state index in [4.69, 9.17) is 4.52 Å². The molecule has 130 valence electrons. The lowest BCUT2D eigenvalue weighted by molar-refractivity contribution is 0.319. The minimum absolute atomic E-state index is 0.811. The van der Waals surface area contributed by atoms with Crippen molar-refractivity contribution in [3.8, 4) is 0 Å². The lowest BCUT2D eigenvalue weighted by Gasteiger charge is -2.24. The van der Waals surface area contributed by atoms with Crippen LogP contribution in [0.25, 0.3) is 0 Å². The van der Waals surface area contributed by atoms with Gasteiger partial charge in [-0.3, -0.25) is 4.99 Å². The van der Waals surface area contributed by atoms with Gasteiger partial charge in [0.2, 0.25) is 0 Å². The molecule has 0 aliphatic carbocycles. The van der Waals surface area contributed by atoms with Crippen LogP contribution in [0.2, 0.25) is 0 Å². The predicted octanol–water partition coefficient (Wildman–Crippen LogP) is 3.17. The highest BCUT2D eigenvalue weighted by Crippen LogP contribution is 2.28. The van der Waals surface area contributed by atoms with Gasteiger partial charge >= 0.3 is 0 Å². The largest absolute Gasteiger partial charge is 0.361 e. The standard InChI is InChI=1S/C18H32N4O/c1-6-15(7-2)16-9-11-22(12-16)18(19-5)20-10-8-17-13(3)21-23-14(17)4/h15-16H,6-12H2,1-5H3,(H,19,20). The van der Waals surface area contributed by atoms with Crippen molar-refractivity contribution in [1.82, 2.24) is 15.4 Å². The lowest BCUT2D eigenvalue weighted by Crippen LogP contribution is -2.41. The van der Waals surface area contributed by atoms with E-state index in [1.165, 1.54) is 24.8 Å². The maximum absolute atomic E-state index is 5.23. The summed E-state index contributed by atoms with van der Waals surface area (Å²) in [6.45, 7) is 11.7. The molecule has 1 saturated heterocycles. The molecule has 23 heavy (non-hydrogen) atoms. The van der Waals surface area contributed by atoms with Crippen LogP contribution in [-0.4, -0.2) is 42.7 Å². The van der Waals surface area contributed by atoms with Gasteiger partial charge in [0.1, 0.15) is 5.76 Å². The molecule has 1 aromatic rings. The highest BCUT2D eigenvalue weighted by Gasteiger charge is 2.29. The van der Waals surface area contributed by atoms with Gasteiger partial charge in [0, 0.05) is 32.2 Å². The maximum Gasteiger partial charge on any atom is 0.193 e. The fourth-order valence-electron chi connectivity index (χ4n) is 3.81. The first-order chi connectivity index (χ1) is 11.1. The van der Waals surface area contributed by atoms with E-state index in [1.54, 1.807) is 0 Å². The minimum atomic E-state index is 0.811. The van der Waals surface area contributed by atoms with E-state index >= 15 is 0 Å². The van der Waals surface area contributed by atoms with Crippen LogP contribution in [-0.2, 0) is 6.42 Å². The van der Waals surface area contributed by atoms with E-state index in [1.807, 2.05) is 20.9 Å². The van der Waals surface area contributed by atoms with Crippen molar-refractivity contribution in [3.63, 3.8) is 0 Å². The van der Waals surface area contributed by atoms with Gasteiger partial charge in [0.15, 0.2) is 5.96 Å². The Morgan fingerprint density at radius 2 is 2.13 bits per heavy atom. The number of guanidine groups is 1. The molecule has 1 fully saturated rings. The summed E-state index contributed by atoms with van der Waals surface area (Å²) in [5, 5.41) is 7.52. The first-order valence-corrected chi connectivity index (χ1v) is 8.97. The molecule has 2 heterocycles. The Morgan fingerprint density at radius 1 is 1.39 bits per heavy atom. The number of aromatic nitrogens is 1. The van der Waals surface area contributed by atoms with E-state index in [9.17, 15) is 0 Å². The van der Waals surface area contributed by atoms with Crippen molar-refractivity contribution in [2.24, 2.45) is 16.8 Å². The maximum atomic E-state index is 5.23. The number of hydrogen-bond donors (Lipinski definition) is 1. The number of aliphatic imine (C=N–C) groups is 1. The Labute approximate surface area is 140 Å². The molecule has 0 bridgehead atoms. The summed E-state index contributed by atoms with van der Waals surface area (Å²) in [4.78, 5) is 6.88. The Hall–Kier alpha value is -1.52. The summed E-state index contributed by atoms with van der Waals surface area (Å²) in [6, 6.07) is 0. The van der Waals surface area contributed by atoms with Gasteiger partial charge in [-0.25, -0.2) is 0 Å². The van der Waals surface area contributed by atoms with Crippen LogP contribution in [0, 0.1) is 25.7 Å². The predicted molar refractivity (Wildman–Crippen MR) is 94.8 cm³/mol. The molecular weight excluding hydrogens is 288 g/mol. The summed E-state index contributed by atoms with van der Waals surface area (Å²) in [7, 11) is 1.88. The fraction of sp³-hybridized carbons (Fsp3) is 0.778. The van der Waals surface area contributed by atoms with Crippen LogP contribution >= 0.6 is 0 Å². The second-order valence-corrected chi connectivity index (χ2v) is 6.60. The average molecular weight is 320 g/mol. The number of hydrogen-bond acceptors (Lipinski definition) is 3. The zero-order valence-corrected chi connectivity index (χ0v) is 15.4. The van der Waals surface area contributed by atoms with Crippen molar-refractivity contribution < 1.29 is 4.52 Å². The molecule has 1 N–H and O–H groups in total. The van der Waals surface area contributed by atoms with Gasteiger partial charge < -0.3 is 14.7 Å². The molecular formula is C18H32N4O. The normalized spacial score (nSPS) is 19.0. The zero-order chi connectivity index (χ0) is 16.8. The second-order valence-electron chi connectivity index (χ2n) is 6.60. The summed E-state index contributed by atoms with van der Waals surface area (Å²) in [5.41, 5.74) is 2.21. The molecule has 0 amide bonds. The molecule has 2 rings (SSSR count).